The molecule has 0 saturated heterocycles. The summed E-state index contributed by atoms with van der Waals surface area (Å²) in [7, 11) is 0. The minimum Gasteiger partial charge on any atom is -0.368 e. The lowest BCUT2D eigenvalue weighted by atomic mass is 10.2. The van der Waals surface area contributed by atoms with Gasteiger partial charge in [-0.2, -0.15) is 4.98 Å². The van der Waals surface area contributed by atoms with Crippen LogP contribution in [0.4, 0.5) is 16.2 Å². The lowest BCUT2D eigenvalue weighted by Gasteiger charge is -2.06. The Balaban J connectivity index is 2.33. The van der Waals surface area contributed by atoms with Gasteiger partial charge in [0.2, 0.25) is 5.95 Å². The van der Waals surface area contributed by atoms with E-state index >= 15 is 0 Å². The van der Waals surface area contributed by atoms with Crippen LogP contribution in [0.15, 0.2) is 6.20 Å². The Bertz CT molecular complexity index is 303. The van der Waals surface area contributed by atoms with E-state index < -0.39 is 5.82 Å². The molecule has 1 aromatic rings. The van der Waals surface area contributed by atoms with Crippen LogP contribution in [-0.4, -0.2) is 16.5 Å². The fourth-order valence-corrected chi connectivity index (χ4v) is 1.26. The Morgan fingerprint density at radius 3 is 2.93 bits per heavy atom. The molecule has 3 N–H and O–H groups in total. The van der Waals surface area contributed by atoms with Gasteiger partial charge in [-0.25, -0.2) is 9.37 Å². The molecule has 0 radical (unpaired) electrons. The maximum atomic E-state index is 13.1. The zero-order valence-electron chi connectivity index (χ0n) is 8.96. The Hall–Kier alpha value is -1.39. The first kappa shape index (κ1) is 11.7. The molecular weight excluding hydrogens is 195 g/mol. The number of rotatable bonds is 6. The third kappa shape index (κ3) is 4.10. The van der Waals surface area contributed by atoms with Gasteiger partial charge in [0, 0.05) is 6.54 Å². The van der Waals surface area contributed by atoms with Crippen LogP contribution in [0.3, 0.4) is 0 Å². The van der Waals surface area contributed by atoms with Crippen molar-refractivity contribution in [2.24, 2.45) is 0 Å². The molecule has 5 heteroatoms. The Kier molecular flexibility index (Phi) is 4.80. The minimum absolute atomic E-state index is 0.0902. The number of nitrogens with zero attached hydrogens (tertiary/aromatic N) is 2. The Labute approximate surface area is 89.1 Å². The van der Waals surface area contributed by atoms with Crippen molar-refractivity contribution >= 4 is 11.8 Å². The summed E-state index contributed by atoms with van der Waals surface area (Å²) in [5.41, 5.74) is 5.35. The summed E-state index contributed by atoms with van der Waals surface area (Å²) in [6.07, 6.45) is 5.63. The highest BCUT2D eigenvalue weighted by molar-refractivity contribution is 5.38. The van der Waals surface area contributed by atoms with E-state index in [-0.39, 0.29) is 11.8 Å². The molecule has 0 saturated carbocycles. The summed E-state index contributed by atoms with van der Waals surface area (Å²) >= 11 is 0. The molecule has 0 aromatic carbocycles. The van der Waals surface area contributed by atoms with Gasteiger partial charge >= 0.3 is 0 Å². The van der Waals surface area contributed by atoms with Crippen LogP contribution in [0, 0.1) is 5.82 Å². The van der Waals surface area contributed by atoms with Gasteiger partial charge in [0.25, 0.3) is 0 Å². The number of aromatic nitrogens is 2. The van der Waals surface area contributed by atoms with Crippen molar-refractivity contribution in [2.75, 3.05) is 17.6 Å². The maximum absolute atomic E-state index is 13.1. The molecule has 0 atom stereocenters. The van der Waals surface area contributed by atoms with Crippen molar-refractivity contribution in [1.29, 1.82) is 0 Å². The lowest BCUT2D eigenvalue weighted by Crippen LogP contribution is -2.07. The summed E-state index contributed by atoms with van der Waals surface area (Å²) in [4.78, 5) is 7.32. The first-order chi connectivity index (χ1) is 7.24. The topological polar surface area (TPSA) is 63.8 Å². The quantitative estimate of drug-likeness (QED) is 0.709. The number of hydrogen-bond donors (Lipinski definition) is 2. The van der Waals surface area contributed by atoms with Crippen LogP contribution >= 0.6 is 0 Å². The van der Waals surface area contributed by atoms with Crippen LogP contribution in [0.2, 0.25) is 0 Å². The van der Waals surface area contributed by atoms with Crippen molar-refractivity contribution in [3.05, 3.63) is 12.0 Å². The number of nitrogens with two attached hydrogens (primary N) is 1. The highest BCUT2D eigenvalue weighted by Crippen LogP contribution is 2.10. The van der Waals surface area contributed by atoms with Crippen LogP contribution < -0.4 is 11.1 Å². The van der Waals surface area contributed by atoms with Gasteiger partial charge in [0.15, 0.2) is 11.6 Å². The van der Waals surface area contributed by atoms with Crippen LogP contribution in [0.25, 0.3) is 0 Å². The second kappa shape index (κ2) is 6.16. The predicted molar refractivity (Wildman–Crippen MR) is 59.0 cm³/mol. The van der Waals surface area contributed by atoms with Crippen molar-refractivity contribution in [3.63, 3.8) is 0 Å². The van der Waals surface area contributed by atoms with E-state index in [1.165, 1.54) is 12.8 Å². The smallest absolute Gasteiger partial charge is 0.222 e. The number of anilines is 2. The molecule has 0 aliphatic heterocycles. The number of nitrogen functional groups attached to an aromatic ring is 1. The molecular formula is C10H17FN4. The lowest BCUT2D eigenvalue weighted by molar-refractivity contribution is 0.615. The van der Waals surface area contributed by atoms with Gasteiger partial charge in [0.1, 0.15) is 0 Å². The van der Waals surface area contributed by atoms with Crippen molar-refractivity contribution < 1.29 is 4.39 Å². The summed E-state index contributed by atoms with van der Waals surface area (Å²) in [6.45, 7) is 2.87. The first-order valence-corrected chi connectivity index (χ1v) is 5.26. The Morgan fingerprint density at radius 2 is 2.20 bits per heavy atom. The summed E-state index contributed by atoms with van der Waals surface area (Å²) in [5, 5.41) is 2.91. The maximum Gasteiger partial charge on any atom is 0.222 e. The number of halogens is 1. The molecule has 0 amide bonds. The monoisotopic (exact) mass is 212 g/mol. The predicted octanol–water partition coefficient (Wildman–Crippen LogP) is 2.19. The normalized spacial score (nSPS) is 10.3. The summed E-state index contributed by atoms with van der Waals surface area (Å²) in [6, 6.07) is 0. The zero-order chi connectivity index (χ0) is 11.1. The van der Waals surface area contributed by atoms with Gasteiger partial charge in [-0.05, 0) is 6.42 Å². The van der Waals surface area contributed by atoms with Gasteiger partial charge in [0.05, 0.1) is 6.20 Å². The SMILES string of the molecule is CCCCCCNc1nc(N)ncc1F. The van der Waals surface area contributed by atoms with Crippen molar-refractivity contribution in [2.45, 2.75) is 32.6 Å². The summed E-state index contributed by atoms with van der Waals surface area (Å²) in [5.74, 6) is -0.175. The molecule has 1 heterocycles. The zero-order valence-corrected chi connectivity index (χ0v) is 8.96. The number of unbranched alkanes of at least 4 members (excludes halogenated alkanes) is 3. The number of nitrogens with one attached hydrogen (secondary N) is 1. The standard InChI is InChI=1S/C10H17FN4/c1-2-3-4-5-6-13-9-8(11)7-14-10(12)15-9/h7H,2-6H2,1H3,(H3,12,13,14,15). The highest BCUT2D eigenvalue weighted by atomic mass is 19.1. The Morgan fingerprint density at radius 1 is 1.40 bits per heavy atom. The second-order valence-electron chi connectivity index (χ2n) is 3.41. The molecule has 15 heavy (non-hydrogen) atoms. The molecule has 0 bridgehead atoms. The molecule has 0 spiro atoms. The summed E-state index contributed by atoms with van der Waals surface area (Å²) < 4.78 is 13.1. The van der Waals surface area contributed by atoms with Gasteiger partial charge in [-0.15, -0.1) is 0 Å². The van der Waals surface area contributed by atoms with E-state index in [9.17, 15) is 4.39 Å². The van der Waals surface area contributed by atoms with E-state index in [4.69, 9.17) is 5.73 Å². The van der Waals surface area contributed by atoms with E-state index in [1.807, 2.05) is 0 Å². The second-order valence-corrected chi connectivity index (χ2v) is 3.41. The van der Waals surface area contributed by atoms with Crippen LogP contribution in [0.1, 0.15) is 32.6 Å². The first-order valence-electron chi connectivity index (χ1n) is 5.26. The number of hydrogen-bond acceptors (Lipinski definition) is 4. The molecule has 0 unspecified atom stereocenters. The molecule has 84 valence electrons. The van der Waals surface area contributed by atoms with Crippen LogP contribution in [-0.2, 0) is 0 Å². The average molecular weight is 212 g/mol. The average Bonchev–Trinajstić information content (AvgIpc) is 2.23. The third-order valence-corrected chi connectivity index (χ3v) is 2.09. The van der Waals surface area contributed by atoms with E-state index in [0.29, 0.717) is 6.54 Å². The van der Waals surface area contributed by atoms with E-state index in [2.05, 4.69) is 22.2 Å². The molecule has 4 nitrogen and oxygen atoms in total. The highest BCUT2D eigenvalue weighted by Gasteiger charge is 2.03. The van der Waals surface area contributed by atoms with Crippen molar-refractivity contribution in [1.82, 2.24) is 9.97 Å². The molecule has 0 aliphatic rings. The van der Waals surface area contributed by atoms with Gasteiger partial charge in [-0.1, -0.05) is 26.2 Å². The fraction of sp³-hybridized carbons (Fsp3) is 0.600. The molecule has 1 rings (SSSR count). The van der Waals surface area contributed by atoms with Gasteiger partial charge in [-0.3, -0.25) is 0 Å². The third-order valence-electron chi connectivity index (χ3n) is 2.09. The van der Waals surface area contributed by atoms with Gasteiger partial charge < -0.3 is 11.1 Å². The molecule has 0 fully saturated rings. The molecule has 1 aromatic heterocycles. The van der Waals surface area contributed by atoms with Crippen LogP contribution in [0.5, 0.6) is 0 Å². The minimum atomic E-state index is -0.459. The van der Waals surface area contributed by atoms with E-state index in [0.717, 1.165) is 19.0 Å². The van der Waals surface area contributed by atoms with E-state index in [1.54, 1.807) is 0 Å². The molecule has 0 aliphatic carbocycles. The van der Waals surface area contributed by atoms with Crippen molar-refractivity contribution in [3.8, 4) is 0 Å². The fourth-order valence-electron chi connectivity index (χ4n) is 1.26. The largest absolute Gasteiger partial charge is 0.368 e.